The maximum Gasteiger partial charge on any atom is 0.211 e. The Hall–Kier alpha value is -7.86. The highest BCUT2D eigenvalue weighted by molar-refractivity contribution is 6.16. The van der Waals surface area contributed by atoms with Gasteiger partial charge in [0.15, 0.2) is 0 Å². The number of fused-ring (bicyclic) bond motifs is 9. The van der Waals surface area contributed by atoms with Crippen molar-refractivity contribution in [2.75, 3.05) is 0 Å². The van der Waals surface area contributed by atoms with Gasteiger partial charge in [0.1, 0.15) is 6.07 Å². The predicted octanol–water partition coefficient (Wildman–Crippen LogP) is 13.1. The summed E-state index contributed by atoms with van der Waals surface area (Å²) < 4.78 is 6.82. The van der Waals surface area contributed by atoms with Gasteiger partial charge in [-0.3, -0.25) is 0 Å². The maximum absolute atomic E-state index is 10.8. The Labute approximate surface area is 316 Å². The highest BCUT2D eigenvalue weighted by Gasteiger charge is 2.22. The van der Waals surface area contributed by atoms with Crippen molar-refractivity contribution in [2.45, 2.75) is 0 Å². The van der Waals surface area contributed by atoms with Gasteiger partial charge >= 0.3 is 0 Å². The normalized spacial score (nSPS) is 11.6. The second-order valence-corrected chi connectivity index (χ2v) is 13.9. The molecular weight excluding hydrogens is 671 g/mol. The molecule has 0 amide bonds. The highest BCUT2D eigenvalue weighted by atomic mass is 15.0. The standard InChI is InChI=1S/C50H29N5/c1-52-41-30-29-34(40(31-51)50(41)55-44-20-9-4-15-37(44)38-16-5-10-21-45(38)55)32-25-27-33(28-26-32)53-46-22-11-6-17-39(46)49-47(53)23-12-24-48(49)54-42-18-7-2-13-35(42)36-14-3-8-19-43(36)54/h2-30H. The van der Waals surface area contributed by atoms with Crippen LogP contribution in [0.1, 0.15) is 5.56 Å². The van der Waals surface area contributed by atoms with E-state index in [-0.39, 0.29) is 0 Å². The minimum atomic E-state index is 0.438. The fourth-order valence-corrected chi connectivity index (χ4v) is 8.85. The molecule has 0 aliphatic carbocycles. The molecule has 0 aliphatic rings. The van der Waals surface area contributed by atoms with Crippen molar-refractivity contribution in [3.8, 4) is 34.3 Å². The molecule has 0 atom stereocenters. The summed E-state index contributed by atoms with van der Waals surface area (Å²) in [5.74, 6) is 0. The molecule has 0 bridgehead atoms. The molecule has 11 rings (SSSR count). The van der Waals surface area contributed by atoms with E-state index in [1.54, 1.807) is 0 Å². The lowest BCUT2D eigenvalue weighted by Crippen LogP contribution is -2.00. The van der Waals surface area contributed by atoms with E-state index in [2.05, 4.69) is 164 Å². The number of rotatable bonds is 4. The van der Waals surface area contributed by atoms with E-state index in [1.807, 2.05) is 36.4 Å². The maximum atomic E-state index is 10.8. The first kappa shape index (κ1) is 30.7. The highest BCUT2D eigenvalue weighted by Crippen LogP contribution is 2.42. The summed E-state index contributed by atoms with van der Waals surface area (Å²) in [6.45, 7) is 8.13. The van der Waals surface area contributed by atoms with Crippen LogP contribution in [0.25, 0.3) is 98.5 Å². The zero-order chi connectivity index (χ0) is 36.6. The van der Waals surface area contributed by atoms with Crippen LogP contribution in [0.4, 0.5) is 5.69 Å². The fourth-order valence-electron chi connectivity index (χ4n) is 8.85. The summed E-state index contributed by atoms with van der Waals surface area (Å²) in [5, 5.41) is 17.8. The first-order valence-corrected chi connectivity index (χ1v) is 18.3. The molecule has 11 aromatic rings. The van der Waals surface area contributed by atoms with Gasteiger partial charge in [-0.1, -0.05) is 121 Å². The van der Waals surface area contributed by atoms with Crippen LogP contribution in [0.5, 0.6) is 0 Å². The second-order valence-electron chi connectivity index (χ2n) is 13.9. The molecule has 0 N–H and O–H groups in total. The van der Waals surface area contributed by atoms with Crippen LogP contribution in [0.15, 0.2) is 176 Å². The third-order valence-electron chi connectivity index (χ3n) is 11.1. The molecular formula is C50H29N5. The van der Waals surface area contributed by atoms with Crippen molar-refractivity contribution in [1.82, 2.24) is 13.7 Å². The van der Waals surface area contributed by atoms with E-state index in [4.69, 9.17) is 6.57 Å². The quantitative estimate of drug-likeness (QED) is 0.169. The zero-order valence-electron chi connectivity index (χ0n) is 29.5. The van der Waals surface area contributed by atoms with Crippen LogP contribution in [-0.2, 0) is 0 Å². The van der Waals surface area contributed by atoms with Crippen LogP contribution < -0.4 is 0 Å². The lowest BCUT2D eigenvalue weighted by atomic mass is 9.97. The number of hydrogen-bond acceptors (Lipinski definition) is 1. The third kappa shape index (κ3) is 4.33. The minimum Gasteiger partial charge on any atom is -0.318 e. The Kier molecular flexibility index (Phi) is 6.61. The van der Waals surface area contributed by atoms with Crippen molar-refractivity contribution in [1.29, 1.82) is 5.26 Å². The average molecular weight is 700 g/mol. The summed E-state index contributed by atoms with van der Waals surface area (Å²) in [5.41, 5.74) is 11.9. The summed E-state index contributed by atoms with van der Waals surface area (Å²) in [6.07, 6.45) is 0. The molecule has 254 valence electrons. The van der Waals surface area contributed by atoms with Gasteiger partial charge < -0.3 is 13.7 Å². The Morgan fingerprint density at radius 2 is 0.909 bits per heavy atom. The Morgan fingerprint density at radius 3 is 1.44 bits per heavy atom. The van der Waals surface area contributed by atoms with Crippen molar-refractivity contribution < 1.29 is 0 Å². The number of para-hydroxylation sites is 5. The first-order valence-electron chi connectivity index (χ1n) is 18.3. The molecule has 0 saturated carbocycles. The van der Waals surface area contributed by atoms with Gasteiger partial charge in [0, 0.05) is 38.0 Å². The molecule has 0 unspecified atom stereocenters. The first-order chi connectivity index (χ1) is 27.2. The van der Waals surface area contributed by atoms with Crippen molar-refractivity contribution in [3.63, 3.8) is 0 Å². The van der Waals surface area contributed by atoms with E-state index in [1.165, 1.54) is 32.6 Å². The smallest absolute Gasteiger partial charge is 0.211 e. The van der Waals surface area contributed by atoms with Crippen molar-refractivity contribution in [3.05, 3.63) is 193 Å². The SMILES string of the molecule is [C-]#[N+]c1ccc(-c2ccc(-n3c4ccccc4c4c(-n5c6ccccc6c6ccccc65)cccc43)cc2)c(C#N)c1-n1c2ccccc2c2ccccc21. The summed E-state index contributed by atoms with van der Waals surface area (Å²) in [7, 11) is 0. The molecule has 5 heteroatoms. The lowest BCUT2D eigenvalue weighted by molar-refractivity contribution is 1.17. The molecule has 5 nitrogen and oxygen atoms in total. The minimum absolute atomic E-state index is 0.438. The number of nitriles is 1. The topological polar surface area (TPSA) is 42.9 Å². The number of aromatic nitrogens is 3. The number of hydrogen-bond donors (Lipinski definition) is 0. The zero-order valence-corrected chi connectivity index (χ0v) is 29.5. The summed E-state index contributed by atoms with van der Waals surface area (Å²) >= 11 is 0. The van der Waals surface area contributed by atoms with E-state index in [9.17, 15) is 5.26 Å². The van der Waals surface area contributed by atoms with Crippen LogP contribution in [0.3, 0.4) is 0 Å². The lowest BCUT2D eigenvalue weighted by Gasteiger charge is -2.16. The Morgan fingerprint density at radius 1 is 0.436 bits per heavy atom. The largest absolute Gasteiger partial charge is 0.318 e. The van der Waals surface area contributed by atoms with Crippen molar-refractivity contribution in [2.24, 2.45) is 0 Å². The molecule has 8 aromatic carbocycles. The van der Waals surface area contributed by atoms with Gasteiger partial charge in [0.25, 0.3) is 0 Å². The molecule has 0 spiro atoms. The van der Waals surface area contributed by atoms with E-state index < -0.39 is 0 Å². The van der Waals surface area contributed by atoms with Gasteiger partial charge in [0.2, 0.25) is 5.69 Å². The number of benzene rings is 8. The molecule has 0 radical (unpaired) electrons. The molecule has 3 aromatic heterocycles. The molecule has 55 heavy (non-hydrogen) atoms. The molecule has 0 aliphatic heterocycles. The van der Waals surface area contributed by atoms with Crippen LogP contribution in [0, 0.1) is 17.9 Å². The second kappa shape index (κ2) is 11.8. The molecule has 0 saturated heterocycles. The molecule has 0 fully saturated rings. The monoisotopic (exact) mass is 699 g/mol. The van der Waals surface area contributed by atoms with E-state index >= 15 is 0 Å². The molecule has 3 heterocycles. The van der Waals surface area contributed by atoms with Crippen LogP contribution in [0.2, 0.25) is 0 Å². The Balaban J connectivity index is 1.11. The van der Waals surface area contributed by atoms with Gasteiger partial charge in [-0.25, -0.2) is 4.85 Å². The van der Waals surface area contributed by atoms with E-state index in [0.29, 0.717) is 16.9 Å². The van der Waals surface area contributed by atoms with Gasteiger partial charge in [-0.05, 0) is 65.7 Å². The predicted molar refractivity (Wildman–Crippen MR) is 226 cm³/mol. The Bertz CT molecular complexity index is 3350. The van der Waals surface area contributed by atoms with Gasteiger partial charge in [0.05, 0.1) is 56.6 Å². The van der Waals surface area contributed by atoms with E-state index in [0.717, 1.165) is 55.3 Å². The van der Waals surface area contributed by atoms with Gasteiger partial charge in [-0.2, -0.15) is 5.26 Å². The summed E-state index contributed by atoms with van der Waals surface area (Å²) in [4.78, 5) is 3.92. The van der Waals surface area contributed by atoms with Crippen LogP contribution >= 0.6 is 0 Å². The van der Waals surface area contributed by atoms with Gasteiger partial charge in [-0.15, -0.1) is 0 Å². The average Bonchev–Trinajstić information content (AvgIpc) is 3.89. The fraction of sp³-hybridized carbons (Fsp3) is 0. The third-order valence-corrected chi connectivity index (χ3v) is 11.1. The number of nitrogens with zero attached hydrogens (tertiary/aromatic N) is 5. The van der Waals surface area contributed by atoms with Crippen molar-refractivity contribution >= 4 is 71.1 Å². The van der Waals surface area contributed by atoms with Crippen LogP contribution in [-0.4, -0.2) is 13.7 Å². The summed E-state index contributed by atoms with van der Waals surface area (Å²) in [6, 6.07) is 63.6.